The maximum Gasteiger partial charge on any atom is 0.338 e. The van der Waals surface area contributed by atoms with Crippen LogP contribution in [0.5, 0.6) is 11.5 Å². The summed E-state index contributed by atoms with van der Waals surface area (Å²) in [5.74, 6) is 0.213. The third-order valence-corrected chi connectivity index (χ3v) is 6.02. The number of carbonyl (C=O) groups excluding carboxylic acids is 2. The number of thiophene rings is 1. The second-order valence-corrected chi connectivity index (χ2v) is 7.99. The summed E-state index contributed by atoms with van der Waals surface area (Å²) in [5.41, 5.74) is 2.05. The van der Waals surface area contributed by atoms with Crippen molar-refractivity contribution in [3.8, 4) is 11.5 Å². The first kappa shape index (κ1) is 21.6. The number of hydrazone groups is 1. The molecule has 1 atom stereocenters. The van der Waals surface area contributed by atoms with Gasteiger partial charge in [0, 0.05) is 6.42 Å². The lowest BCUT2D eigenvalue weighted by Gasteiger charge is -2.22. The zero-order chi connectivity index (χ0) is 22.5. The molecule has 0 fully saturated rings. The Kier molecular flexibility index (Phi) is 6.51. The van der Waals surface area contributed by atoms with Crippen LogP contribution in [0.2, 0.25) is 0 Å². The summed E-state index contributed by atoms with van der Waals surface area (Å²) in [4.78, 5) is 26.3. The van der Waals surface area contributed by atoms with Crippen molar-refractivity contribution in [2.24, 2.45) is 5.10 Å². The van der Waals surface area contributed by atoms with Crippen LogP contribution in [0.15, 0.2) is 71.1 Å². The Hall–Kier alpha value is -3.65. The van der Waals surface area contributed by atoms with E-state index >= 15 is 0 Å². The molecule has 2 heterocycles. The van der Waals surface area contributed by atoms with Crippen LogP contribution in [-0.4, -0.2) is 43.4 Å². The van der Waals surface area contributed by atoms with Gasteiger partial charge in [0.05, 0.1) is 36.4 Å². The molecule has 0 radical (unpaired) electrons. The molecule has 0 aliphatic carbocycles. The molecule has 1 aliphatic rings. The Morgan fingerprint density at radius 1 is 1.03 bits per heavy atom. The minimum Gasteiger partial charge on any atom is -0.493 e. The number of amides is 1. The predicted molar refractivity (Wildman–Crippen MR) is 121 cm³/mol. The molecule has 32 heavy (non-hydrogen) atoms. The van der Waals surface area contributed by atoms with Gasteiger partial charge in [-0.1, -0.05) is 30.3 Å². The van der Waals surface area contributed by atoms with Crippen LogP contribution in [0.25, 0.3) is 0 Å². The van der Waals surface area contributed by atoms with Crippen molar-refractivity contribution in [3.63, 3.8) is 0 Å². The van der Waals surface area contributed by atoms with E-state index in [1.165, 1.54) is 5.01 Å². The molecule has 0 bridgehead atoms. The first-order valence-corrected chi connectivity index (χ1v) is 10.9. The molecule has 3 aromatic rings. The summed E-state index contributed by atoms with van der Waals surface area (Å²) in [6.45, 7) is -0.404. The van der Waals surface area contributed by atoms with E-state index in [0.29, 0.717) is 23.5 Å². The number of hydrogen-bond acceptors (Lipinski definition) is 7. The molecule has 4 rings (SSSR count). The van der Waals surface area contributed by atoms with Gasteiger partial charge in [0.1, 0.15) is 0 Å². The minimum absolute atomic E-state index is 0.352. The van der Waals surface area contributed by atoms with Gasteiger partial charge in [-0.2, -0.15) is 5.10 Å². The molecule has 0 spiro atoms. The van der Waals surface area contributed by atoms with Gasteiger partial charge in [-0.15, -0.1) is 11.3 Å². The molecule has 1 aromatic heterocycles. The van der Waals surface area contributed by atoms with Crippen LogP contribution in [0, 0.1) is 0 Å². The highest BCUT2D eigenvalue weighted by Crippen LogP contribution is 2.37. The lowest BCUT2D eigenvalue weighted by molar-refractivity contribution is -0.136. The molecule has 7 nitrogen and oxygen atoms in total. The van der Waals surface area contributed by atoms with E-state index in [4.69, 9.17) is 14.2 Å². The summed E-state index contributed by atoms with van der Waals surface area (Å²) in [5, 5.41) is 7.95. The van der Waals surface area contributed by atoms with Gasteiger partial charge in [-0.05, 0) is 41.3 Å². The van der Waals surface area contributed by atoms with E-state index in [1.807, 2.05) is 29.6 Å². The van der Waals surface area contributed by atoms with Gasteiger partial charge < -0.3 is 14.2 Å². The number of nitrogens with zero attached hydrogens (tertiary/aromatic N) is 2. The Morgan fingerprint density at radius 2 is 1.81 bits per heavy atom. The minimum atomic E-state index is -0.553. The number of ether oxygens (including phenoxy) is 3. The normalized spacial score (nSPS) is 15.2. The quantitative estimate of drug-likeness (QED) is 0.502. The second-order valence-electron chi connectivity index (χ2n) is 7.04. The Morgan fingerprint density at radius 3 is 2.50 bits per heavy atom. The lowest BCUT2D eigenvalue weighted by atomic mass is 10.0. The molecule has 8 heteroatoms. The summed E-state index contributed by atoms with van der Waals surface area (Å²) in [7, 11) is 3.14. The number of methoxy groups -OCH3 is 2. The molecule has 0 N–H and O–H groups in total. The van der Waals surface area contributed by atoms with Gasteiger partial charge in [-0.25, -0.2) is 9.80 Å². The number of hydrogen-bond donors (Lipinski definition) is 0. The monoisotopic (exact) mass is 450 g/mol. The van der Waals surface area contributed by atoms with Crippen molar-refractivity contribution in [1.29, 1.82) is 0 Å². The van der Waals surface area contributed by atoms with Crippen LogP contribution >= 0.6 is 11.3 Å². The maximum absolute atomic E-state index is 13.0. The third-order valence-electron chi connectivity index (χ3n) is 5.10. The highest BCUT2D eigenvalue weighted by atomic mass is 32.1. The van der Waals surface area contributed by atoms with Crippen molar-refractivity contribution in [1.82, 2.24) is 5.01 Å². The van der Waals surface area contributed by atoms with Crippen LogP contribution < -0.4 is 9.47 Å². The van der Waals surface area contributed by atoms with Crippen molar-refractivity contribution in [2.45, 2.75) is 12.5 Å². The van der Waals surface area contributed by atoms with E-state index < -0.39 is 18.5 Å². The number of carbonyl (C=O) groups is 2. The van der Waals surface area contributed by atoms with Crippen LogP contribution in [0.3, 0.4) is 0 Å². The maximum atomic E-state index is 13.0. The van der Waals surface area contributed by atoms with Crippen LogP contribution in [-0.2, 0) is 9.53 Å². The van der Waals surface area contributed by atoms with Gasteiger partial charge in [-0.3, -0.25) is 4.79 Å². The van der Waals surface area contributed by atoms with E-state index in [9.17, 15) is 9.59 Å². The molecule has 0 saturated carbocycles. The zero-order valence-corrected chi connectivity index (χ0v) is 18.5. The lowest BCUT2D eigenvalue weighted by Crippen LogP contribution is -2.31. The fraction of sp³-hybridized carbons (Fsp3) is 0.208. The van der Waals surface area contributed by atoms with Gasteiger partial charge >= 0.3 is 5.97 Å². The molecular weight excluding hydrogens is 428 g/mol. The highest BCUT2D eigenvalue weighted by molar-refractivity contribution is 7.12. The molecule has 1 amide bonds. The fourth-order valence-corrected chi connectivity index (χ4v) is 4.22. The molecule has 1 aliphatic heterocycles. The van der Waals surface area contributed by atoms with Crippen LogP contribution in [0.4, 0.5) is 0 Å². The molecular formula is C24H22N2O5S. The van der Waals surface area contributed by atoms with Crippen molar-refractivity contribution in [3.05, 3.63) is 82.0 Å². The number of benzene rings is 2. The van der Waals surface area contributed by atoms with Crippen molar-refractivity contribution >= 4 is 28.9 Å². The SMILES string of the molecule is COc1ccc([C@@H]2CC(c3cccs3)=NN2C(=O)COC(=O)c2ccccc2)cc1OC. The summed E-state index contributed by atoms with van der Waals surface area (Å²) in [6, 6.07) is 17.7. The molecule has 2 aromatic carbocycles. The largest absolute Gasteiger partial charge is 0.493 e. The predicted octanol–water partition coefficient (Wildman–Crippen LogP) is 4.30. The zero-order valence-electron chi connectivity index (χ0n) is 17.7. The second kappa shape index (κ2) is 9.65. The molecule has 164 valence electrons. The highest BCUT2D eigenvalue weighted by Gasteiger charge is 2.34. The Labute approximate surface area is 189 Å². The van der Waals surface area contributed by atoms with Gasteiger partial charge in [0.2, 0.25) is 0 Å². The Bertz CT molecular complexity index is 1130. The first-order chi connectivity index (χ1) is 15.6. The number of esters is 1. The average Bonchev–Trinajstić information content (AvgIpc) is 3.52. The van der Waals surface area contributed by atoms with E-state index in [0.717, 1.165) is 16.2 Å². The van der Waals surface area contributed by atoms with Crippen molar-refractivity contribution < 1.29 is 23.8 Å². The van der Waals surface area contributed by atoms with Gasteiger partial charge in [0.25, 0.3) is 5.91 Å². The fourth-order valence-electron chi connectivity index (χ4n) is 3.50. The molecule has 0 unspecified atom stereocenters. The summed E-state index contributed by atoms with van der Waals surface area (Å²) >= 11 is 1.56. The van der Waals surface area contributed by atoms with E-state index in [1.54, 1.807) is 62.0 Å². The van der Waals surface area contributed by atoms with Crippen LogP contribution in [0.1, 0.15) is 33.3 Å². The Balaban J connectivity index is 1.57. The summed E-state index contributed by atoms with van der Waals surface area (Å²) < 4.78 is 16.0. The van der Waals surface area contributed by atoms with Crippen molar-refractivity contribution in [2.75, 3.05) is 20.8 Å². The third kappa shape index (κ3) is 4.50. The van der Waals surface area contributed by atoms with E-state index in [2.05, 4.69) is 5.10 Å². The standard InChI is InChI=1S/C24H22N2O5S/c1-29-20-11-10-17(13-21(20)30-2)19-14-18(22-9-6-12-32-22)25-26(19)23(27)15-31-24(28)16-7-4-3-5-8-16/h3-13,19H,14-15H2,1-2H3/t19-/m0/s1. The first-order valence-electron chi connectivity index (χ1n) is 9.98. The topological polar surface area (TPSA) is 77.4 Å². The number of rotatable bonds is 7. The summed E-state index contributed by atoms with van der Waals surface area (Å²) in [6.07, 6.45) is 0.536. The van der Waals surface area contributed by atoms with E-state index in [-0.39, 0.29) is 6.04 Å². The average molecular weight is 451 g/mol. The smallest absolute Gasteiger partial charge is 0.338 e. The van der Waals surface area contributed by atoms with Gasteiger partial charge in [0.15, 0.2) is 18.1 Å². The molecule has 0 saturated heterocycles.